The van der Waals surface area contributed by atoms with Gasteiger partial charge in [-0.3, -0.25) is 34.9 Å². The average molecular weight is 565 g/mol. The van der Waals surface area contributed by atoms with Gasteiger partial charge in [0.05, 0.1) is 33.8 Å². The third-order valence-corrected chi connectivity index (χ3v) is 8.68. The molecular weight excluding hydrogens is 545 g/mol. The number of nitrogens with zero attached hydrogens (tertiary/aromatic N) is 1. The molecule has 6 atom stereocenters. The van der Waals surface area contributed by atoms with E-state index < -0.39 is 36.2 Å². The minimum atomic E-state index is -0.797. The molecule has 3 aliphatic rings. The number of hydrogen-bond acceptors (Lipinski definition) is 6. The first kappa shape index (κ1) is 25.5. The Morgan fingerprint density at radius 3 is 1.95 bits per heavy atom. The summed E-state index contributed by atoms with van der Waals surface area (Å²) in [4.78, 5) is 63.6. The monoisotopic (exact) mass is 563 g/mol. The van der Waals surface area contributed by atoms with E-state index >= 15 is 0 Å². The first-order valence-electron chi connectivity index (χ1n) is 11.4. The molecule has 0 spiro atoms. The molecule has 1 saturated heterocycles. The lowest BCUT2D eigenvalue weighted by atomic mass is 9.80. The van der Waals surface area contributed by atoms with Gasteiger partial charge in [-0.15, -0.1) is 23.2 Å². The molecule has 2 aromatic rings. The molecule has 2 aromatic carbocycles. The van der Waals surface area contributed by atoms with Gasteiger partial charge in [-0.25, -0.2) is 4.79 Å². The zero-order valence-electron chi connectivity index (χ0n) is 19.0. The van der Waals surface area contributed by atoms with Crippen LogP contribution in [0, 0.1) is 23.7 Å². The van der Waals surface area contributed by atoms with Gasteiger partial charge in [0.25, 0.3) is 11.8 Å². The Morgan fingerprint density at radius 1 is 0.838 bits per heavy atom. The summed E-state index contributed by atoms with van der Waals surface area (Å²) in [6.07, 6.45) is 0.673. The van der Waals surface area contributed by atoms with E-state index in [1.807, 2.05) is 0 Å². The fourth-order valence-corrected chi connectivity index (χ4v) is 6.42. The summed E-state index contributed by atoms with van der Waals surface area (Å²) < 4.78 is 4.98. The molecule has 2 bridgehead atoms. The summed E-state index contributed by atoms with van der Waals surface area (Å²) in [5, 5.41) is -0.225. The van der Waals surface area contributed by atoms with Crippen molar-refractivity contribution in [2.24, 2.45) is 23.7 Å². The fraction of sp³-hybridized carbons (Fsp3) is 0.320. The van der Waals surface area contributed by atoms with E-state index in [1.165, 1.54) is 48.5 Å². The maximum absolute atomic E-state index is 13.1. The highest BCUT2D eigenvalue weighted by Crippen LogP contribution is 2.59. The van der Waals surface area contributed by atoms with Gasteiger partial charge in [0.2, 0.25) is 11.8 Å². The van der Waals surface area contributed by atoms with Crippen LogP contribution in [0.4, 0.5) is 5.69 Å². The van der Waals surface area contributed by atoms with Gasteiger partial charge >= 0.3 is 5.97 Å². The van der Waals surface area contributed by atoms with Crippen molar-refractivity contribution in [3.05, 3.63) is 64.7 Å². The number of ether oxygens (including phenoxy) is 1. The molecule has 1 aliphatic heterocycles. The Morgan fingerprint density at radius 2 is 1.38 bits per heavy atom. The largest absolute Gasteiger partial charge is 0.452 e. The zero-order chi connectivity index (χ0) is 26.4. The lowest BCUT2D eigenvalue weighted by Crippen LogP contribution is -2.43. The van der Waals surface area contributed by atoms with E-state index in [0.29, 0.717) is 17.1 Å². The van der Waals surface area contributed by atoms with Crippen LogP contribution in [0.5, 0.6) is 0 Å². The van der Waals surface area contributed by atoms with E-state index in [2.05, 4.69) is 10.9 Å². The van der Waals surface area contributed by atoms with Crippen LogP contribution in [0.15, 0.2) is 48.5 Å². The van der Waals surface area contributed by atoms with Crippen molar-refractivity contribution in [2.45, 2.75) is 17.2 Å². The predicted octanol–water partition coefficient (Wildman–Crippen LogP) is 2.93. The van der Waals surface area contributed by atoms with Gasteiger partial charge in [-0.1, -0.05) is 11.6 Å². The number of carbonyl (C=O) groups excluding carboxylic acids is 5. The van der Waals surface area contributed by atoms with Crippen molar-refractivity contribution < 1.29 is 28.7 Å². The van der Waals surface area contributed by atoms with E-state index in [-0.39, 0.29) is 45.5 Å². The number of rotatable bonds is 5. The Labute approximate surface area is 226 Å². The molecule has 2 aliphatic carbocycles. The minimum Gasteiger partial charge on any atom is -0.452 e. The summed E-state index contributed by atoms with van der Waals surface area (Å²) in [5.74, 6) is -3.93. The van der Waals surface area contributed by atoms with E-state index in [4.69, 9.17) is 39.5 Å². The van der Waals surface area contributed by atoms with Gasteiger partial charge < -0.3 is 4.74 Å². The second-order valence-corrected chi connectivity index (χ2v) is 10.6. The van der Waals surface area contributed by atoms with Crippen molar-refractivity contribution in [3.63, 3.8) is 0 Å². The first-order valence-corrected chi connectivity index (χ1v) is 12.7. The number of benzene rings is 2. The Kier molecular flexibility index (Phi) is 6.87. The molecule has 2 saturated carbocycles. The number of halogens is 3. The normalized spacial score (nSPS) is 27.7. The SMILES string of the molecule is O=C(COC(=O)c1ccc(N2C(=O)[C@@H]3[C@H]4C[C@@H]([C@H](Cl)[C@H]4Cl)[C@H]3C2=O)cc1)NNC(=O)c1ccc(Cl)cc1. The van der Waals surface area contributed by atoms with Crippen LogP contribution in [0.3, 0.4) is 0 Å². The summed E-state index contributed by atoms with van der Waals surface area (Å²) >= 11 is 18.6. The smallest absolute Gasteiger partial charge is 0.338 e. The van der Waals surface area contributed by atoms with Crippen LogP contribution >= 0.6 is 34.8 Å². The van der Waals surface area contributed by atoms with Crippen molar-refractivity contribution in [2.75, 3.05) is 11.5 Å². The van der Waals surface area contributed by atoms with Crippen LogP contribution in [0.25, 0.3) is 0 Å². The topological polar surface area (TPSA) is 122 Å². The molecule has 9 nitrogen and oxygen atoms in total. The van der Waals surface area contributed by atoms with E-state index in [9.17, 15) is 24.0 Å². The van der Waals surface area contributed by atoms with Crippen LogP contribution < -0.4 is 15.8 Å². The number of alkyl halides is 2. The van der Waals surface area contributed by atoms with Crippen LogP contribution in [-0.2, 0) is 19.1 Å². The van der Waals surface area contributed by atoms with Gasteiger partial charge in [-0.05, 0) is 66.8 Å². The van der Waals surface area contributed by atoms with Gasteiger partial charge in [0.15, 0.2) is 6.61 Å². The fourth-order valence-electron chi connectivity index (χ4n) is 5.40. The lowest BCUT2D eigenvalue weighted by Gasteiger charge is -2.28. The number of nitrogens with one attached hydrogen (secondary N) is 2. The molecule has 3 fully saturated rings. The molecule has 37 heavy (non-hydrogen) atoms. The molecule has 2 N–H and O–H groups in total. The molecule has 0 unspecified atom stereocenters. The van der Waals surface area contributed by atoms with E-state index in [1.54, 1.807) is 0 Å². The Bertz CT molecular complexity index is 1250. The molecule has 0 radical (unpaired) electrons. The highest BCUT2D eigenvalue weighted by atomic mass is 35.5. The van der Waals surface area contributed by atoms with Gasteiger partial charge in [0, 0.05) is 10.6 Å². The highest BCUT2D eigenvalue weighted by molar-refractivity contribution is 6.32. The number of imide groups is 1. The number of hydrazine groups is 1. The molecule has 12 heteroatoms. The van der Waals surface area contributed by atoms with E-state index in [0.717, 1.165) is 4.90 Å². The molecule has 1 heterocycles. The zero-order valence-corrected chi connectivity index (χ0v) is 21.3. The predicted molar refractivity (Wildman–Crippen MR) is 134 cm³/mol. The maximum atomic E-state index is 13.1. The third-order valence-electron chi connectivity index (χ3n) is 7.10. The number of fused-ring (bicyclic) bond motifs is 5. The highest BCUT2D eigenvalue weighted by Gasteiger charge is 2.66. The summed E-state index contributed by atoms with van der Waals surface area (Å²) in [5.41, 5.74) is 5.07. The summed E-state index contributed by atoms with van der Waals surface area (Å²) in [6.45, 7) is -0.643. The quantitative estimate of drug-likeness (QED) is 0.249. The second kappa shape index (κ2) is 9.96. The summed E-state index contributed by atoms with van der Waals surface area (Å²) in [6, 6.07) is 11.8. The average Bonchev–Trinajstić information content (AvgIpc) is 3.51. The van der Waals surface area contributed by atoms with Crippen molar-refractivity contribution in [1.29, 1.82) is 0 Å². The number of carbonyl (C=O) groups is 5. The second-order valence-electron chi connectivity index (χ2n) is 9.15. The lowest BCUT2D eigenvalue weighted by molar-refractivity contribution is -0.125. The molecule has 0 aromatic heterocycles. The maximum Gasteiger partial charge on any atom is 0.338 e. The standard InChI is InChI=1S/C25H20Cl3N3O6/c26-13-5-1-11(2-6-13)22(33)30-29-17(32)10-37-25(36)12-3-7-14(8-4-12)31-23(34)18-15-9-16(19(18)24(31)35)21(28)20(15)27/h1-8,15-16,18-21H,9-10H2,(H,29,32)(H,30,33)/t15-,16-,18-,19-,20+,21+/m1/s1. The van der Waals surface area contributed by atoms with Crippen LogP contribution in [-0.4, -0.2) is 47.0 Å². The van der Waals surface area contributed by atoms with Gasteiger partial charge in [0.1, 0.15) is 0 Å². The number of anilines is 1. The van der Waals surface area contributed by atoms with Crippen LogP contribution in [0.2, 0.25) is 5.02 Å². The summed E-state index contributed by atoms with van der Waals surface area (Å²) in [7, 11) is 0. The van der Waals surface area contributed by atoms with Crippen molar-refractivity contribution in [3.8, 4) is 0 Å². The molecule has 4 amide bonds. The third kappa shape index (κ3) is 4.56. The molecule has 192 valence electrons. The number of amides is 4. The number of hydrogen-bond donors (Lipinski definition) is 2. The van der Waals surface area contributed by atoms with Gasteiger partial charge in [-0.2, -0.15) is 0 Å². The Hall–Kier alpha value is -3.14. The van der Waals surface area contributed by atoms with Crippen LogP contribution in [0.1, 0.15) is 27.1 Å². The van der Waals surface area contributed by atoms with Crippen molar-refractivity contribution >= 4 is 70.1 Å². The first-order chi connectivity index (χ1) is 17.7. The van der Waals surface area contributed by atoms with Crippen molar-refractivity contribution in [1.82, 2.24) is 10.9 Å². The Balaban J connectivity index is 1.15. The minimum absolute atomic E-state index is 0.114. The molecule has 5 rings (SSSR count). The molecular formula is C25H20Cl3N3O6. The number of esters is 1.